The number of hydrogen-bond donors (Lipinski definition) is 0. The van der Waals surface area contributed by atoms with Crippen molar-refractivity contribution in [2.45, 2.75) is 26.1 Å². The summed E-state index contributed by atoms with van der Waals surface area (Å²) in [5.74, 6) is -1.11. The Morgan fingerprint density at radius 2 is 1.68 bits per heavy atom. The van der Waals surface area contributed by atoms with Crippen molar-refractivity contribution < 1.29 is 22.7 Å². The van der Waals surface area contributed by atoms with Gasteiger partial charge in [0.1, 0.15) is 0 Å². The summed E-state index contributed by atoms with van der Waals surface area (Å²) in [7, 11) is 0. The van der Waals surface area contributed by atoms with E-state index in [4.69, 9.17) is 4.74 Å². The van der Waals surface area contributed by atoms with Crippen LogP contribution in [0.25, 0.3) is 16.7 Å². The first-order valence-corrected chi connectivity index (χ1v) is 9.35. The van der Waals surface area contributed by atoms with Crippen molar-refractivity contribution in [1.82, 2.24) is 19.7 Å². The van der Waals surface area contributed by atoms with Crippen LogP contribution in [0.3, 0.4) is 0 Å². The molecular weight excluding hydrogens is 409 g/mol. The van der Waals surface area contributed by atoms with E-state index in [0.29, 0.717) is 16.7 Å². The number of esters is 1. The molecule has 31 heavy (non-hydrogen) atoms. The van der Waals surface area contributed by atoms with Crippen LogP contribution in [0.2, 0.25) is 0 Å². The highest BCUT2D eigenvalue weighted by Gasteiger charge is 2.47. The average molecular weight is 426 g/mol. The third kappa shape index (κ3) is 3.98. The summed E-state index contributed by atoms with van der Waals surface area (Å²) in [6, 6.07) is 13.0. The van der Waals surface area contributed by atoms with Crippen molar-refractivity contribution in [1.29, 1.82) is 0 Å². The van der Waals surface area contributed by atoms with E-state index in [1.807, 2.05) is 0 Å². The fourth-order valence-corrected chi connectivity index (χ4v) is 3.41. The second-order valence-corrected chi connectivity index (χ2v) is 6.92. The lowest BCUT2D eigenvalue weighted by Crippen LogP contribution is -2.27. The molecule has 0 radical (unpaired) electrons. The summed E-state index contributed by atoms with van der Waals surface area (Å²) in [4.78, 5) is 20.8. The van der Waals surface area contributed by atoms with Crippen molar-refractivity contribution in [3.8, 4) is 5.69 Å². The van der Waals surface area contributed by atoms with Crippen LogP contribution in [0.5, 0.6) is 0 Å². The largest absolute Gasteiger partial charge is 0.444 e. The van der Waals surface area contributed by atoms with Gasteiger partial charge in [-0.2, -0.15) is 18.3 Å². The SMILES string of the molecule is Cc1nn(-c2ccccc2)c(C)c1[C@@H](OC(=O)c1ccc2nccnc2c1)C(F)(F)F. The highest BCUT2D eigenvalue weighted by molar-refractivity contribution is 5.93. The molecule has 0 aliphatic heterocycles. The Morgan fingerprint density at radius 1 is 1.00 bits per heavy atom. The lowest BCUT2D eigenvalue weighted by Gasteiger charge is -2.21. The zero-order valence-electron chi connectivity index (χ0n) is 16.6. The molecule has 0 saturated heterocycles. The Kier molecular flexibility index (Phi) is 5.18. The normalized spacial score (nSPS) is 12.7. The molecule has 2 heterocycles. The van der Waals surface area contributed by atoms with Crippen molar-refractivity contribution >= 4 is 17.0 Å². The molecule has 0 N–H and O–H groups in total. The van der Waals surface area contributed by atoms with E-state index < -0.39 is 18.2 Å². The second-order valence-electron chi connectivity index (χ2n) is 6.92. The van der Waals surface area contributed by atoms with Gasteiger partial charge in [-0.25, -0.2) is 9.48 Å². The van der Waals surface area contributed by atoms with E-state index in [2.05, 4.69) is 15.1 Å². The first kappa shape index (κ1) is 20.5. The molecule has 1 atom stereocenters. The molecule has 0 aliphatic carbocycles. The van der Waals surface area contributed by atoms with E-state index in [0.717, 1.165) is 0 Å². The molecule has 4 aromatic rings. The van der Waals surface area contributed by atoms with Gasteiger partial charge in [0.05, 0.1) is 28.0 Å². The van der Waals surface area contributed by atoms with Gasteiger partial charge in [-0.3, -0.25) is 9.97 Å². The van der Waals surface area contributed by atoms with Crippen LogP contribution in [0, 0.1) is 13.8 Å². The van der Waals surface area contributed by atoms with E-state index >= 15 is 0 Å². The van der Waals surface area contributed by atoms with Gasteiger partial charge in [-0.05, 0) is 44.2 Å². The molecule has 9 heteroatoms. The maximum atomic E-state index is 14.0. The quantitative estimate of drug-likeness (QED) is 0.435. The minimum absolute atomic E-state index is 0.0481. The van der Waals surface area contributed by atoms with Crippen LogP contribution in [-0.2, 0) is 4.74 Å². The molecule has 0 saturated carbocycles. The van der Waals surface area contributed by atoms with Crippen molar-refractivity contribution in [3.63, 3.8) is 0 Å². The molecule has 0 bridgehead atoms. The van der Waals surface area contributed by atoms with Crippen LogP contribution in [0.4, 0.5) is 13.2 Å². The number of hydrogen-bond acceptors (Lipinski definition) is 5. The van der Waals surface area contributed by atoms with Crippen molar-refractivity contribution in [3.05, 3.63) is 83.4 Å². The third-order valence-electron chi connectivity index (χ3n) is 4.84. The molecule has 0 unspecified atom stereocenters. The Labute approximate surface area is 175 Å². The zero-order valence-corrected chi connectivity index (χ0v) is 16.6. The van der Waals surface area contributed by atoms with Crippen LogP contribution in [0.1, 0.15) is 33.4 Å². The molecule has 4 rings (SSSR count). The molecule has 158 valence electrons. The zero-order chi connectivity index (χ0) is 22.2. The summed E-state index contributed by atoms with van der Waals surface area (Å²) in [5, 5.41) is 4.24. The van der Waals surface area contributed by atoms with Gasteiger partial charge in [-0.1, -0.05) is 18.2 Å². The van der Waals surface area contributed by atoms with E-state index in [-0.39, 0.29) is 22.5 Å². The maximum absolute atomic E-state index is 14.0. The van der Waals surface area contributed by atoms with Crippen LogP contribution in [0.15, 0.2) is 60.9 Å². The number of ether oxygens (including phenoxy) is 1. The average Bonchev–Trinajstić information content (AvgIpc) is 3.05. The minimum Gasteiger partial charge on any atom is -0.444 e. The number of carbonyl (C=O) groups excluding carboxylic acids is 1. The summed E-state index contributed by atoms with van der Waals surface area (Å²) in [6.07, 6.45) is -4.38. The van der Waals surface area contributed by atoms with Gasteiger partial charge < -0.3 is 4.74 Å². The molecule has 6 nitrogen and oxygen atoms in total. The maximum Gasteiger partial charge on any atom is 0.430 e. The molecular formula is C22H17F3N4O2. The number of carbonyl (C=O) groups is 1. The monoisotopic (exact) mass is 426 g/mol. The Hall–Kier alpha value is -3.75. The number of fused-ring (bicyclic) bond motifs is 1. The van der Waals surface area contributed by atoms with Crippen LogP contribution in [-0.4, -0.2) is 31.9 Å². The number of halogens is 3. The Bertz CT molecular complexity index is 1250. The van der Waals surface area contributed by atoms with Gasteiger partial charge in [0.15, 0.2) is 0 Å². The van der Waals surface area contributed by atoms with Crippen molar-refractivity contribution in [2.75, 3.05) is 0 Å². The number of para-hydroxylation sites is 1. The molecule has 2 aromatic carbocycles. The predicted molar refractivity (Wildman–Crippen MR) is 107 cm³/mol. The lowest BCUT2D eigenvalue weighted by atomic mass is 10.1. The lowest BCUT2D eigenvalue weighted by molar-refractivity contribution is -0.207. The first-order valence-electron chi connectivity index (χ1n) is 9.35. The predicted octanol–water partition coefficient (Wildman–Crippen LogP) is 4.89. The van der Waals surface area contributed by atoms with Crippen LogP contribution >= 0.6 is 0 Å². The molecule has 0 fully saturated rings. The van der Waals surface area contributed by atoms with Gasteiger partial charge in [-0.15, -0.1) is 0 Å². The Balaban J connectivity index is 1.71. The summed E-state index contributed by atoms with van der Waals surface area (Å²) >= 11 is 0. The number of benzene rings is 2. The summed E-state index contributed by atoms with van der Waals surface area (Å²) < 4.78 is 48.3. The number of nitrogens with zero attached hydrogens (tertiary/aromatic N) is 4. The number of rotatable bonds is 4. The second kappa shape index (κ2) is 7.82. The molecule has 2 aromatic heterocycles. The van der Waals surface area contributed by atoms with Crippen LogP contribution < -0.4 is 0 Å². The number of alkyl halides is 3. The highest BCUT2D eigenvalue weighted by Crippen LogP contribution is 2.40. The van der Waals surface area contributed by atoms with E-state index in [1.165, 1.54) is 49.1 Å². The first-order chi connectivity index (χ1) is 14.8. The van der Waals surface area contributed by atoms with Crippen molar-refractivity contribution in [2.24, 2.45) is 0 Å². The van der Waals surface area contributed by atoms with E-state index in [1.54, 1.807) is 30.3 Å². The van der Waals surface area contributed by atoms with Gasteiger partial charge in [0.2, 0.25) is 6.10 Å². The van der Waals surface area contributed by atoms with Gasteiger partial charge >= 0.3 is 12.1 Å². The smallest absolute Gasteiger partial charge is 0.430 e. The fourth-order valence-electron chi connectivity index (χ4n) is 3.41. The van der Waals surface area contributed by atoms with E-state index in [9.17, 15) is 18.0 Å². The standard InChI is InChI=1S/C22H17F3N4O2/c1-13-19(14(2)29(28-13)16-6-4-3-5-7-16)20(22(23,24)25)31-21(30)15-8-9-17-18(12-15)27-11-10-26-17/h3-12,20H,1-2H3/t20-/m1/s1. The topological polar surface area (TPSA) is 69.9 Å². The molecule has 0 spiro atoms. The van der Waals surface area contributed by atoms with Gasteiger partial charge in [0.25, 0.3) is 0 Å². The van der Waals surface area contributed by atoms with Gasteiger partial charge in [0, 0.05) is 23.7 Å². The summed E-state index contributed by atoms with van der Waals surface area (Å²) in [6.45, 7) is 2.97. The summed E-state index contributed by atoms with van der Waals surface area (Å²) in [5.41, 5.74) is 1.63. The third-order valence-corrected chi connectivity index (χ3v) is 4.84. The Morgan fingerprint density at radius 3 is 2.35 bits per heavy atom. The minimum atomic E-state index is -4.83. The highest BCUT2D eigenvalue weighted by atomic mass is 19.4. The number of aromatic nitrogens is 4. The molecule has 0 amide bonds. The molecule has 0 aliphatic rings. The number of aryl methyl sites for hydroxylation is 1. The fraction of sp³-hybridized carbons (Fsp3) is 0.182.